The smallest absolute Gasteiger partial charge is 0.238 e. The fourth-order valence-electron chi connectivity index (χ4n) is 0.809. The first-order chi connectivity index (χ1) is 4.24. The van der Waals surface area contributed by atoms with E-state index >= 15 is 0 Å². The van der Waals surface area contributed by atoms with Crippen molar-refractivity contribution in [3.8, 4) is 0 Å². The van der Waals surface area contributed by atoms with Crippen molar-refractivity contribution in [1.29, 1.82) is 0 Å². The van der Waals surface area contributed by atoms with Crippen molar-refractivity contribution < 1.29 is 4.79 Å². The van der Waals surface area contributed by atoms with Gasteiger partial charge in [-0.05, 0) is 6.42 Å². The Hall–Kier alpha value is 0.240. The SMILES string of the molecule is O=C1NC(CBr)CC1Cl. The maximum Gasteiger partial charge on any atom is 0.238 e. The topological polar surface area (TPSA) is 29.1 Å². The van der Waals surface area contributed by atoms with Crippen molar-refractivity contribution in [2.45, 2.75) is 17.8 Å². The molecule has 1 aliphatic rings. The Balaban J connectivity index is 2.44. The Morgan fingerprint density at radius 2 is 2.56 bits per heavy atom. The van der Waals surface area contributed by atoms with Crippen molar-refractivity contribution >= 4 is 33.4 Å². The number of hydrogen-bond donors (Lipinski definition) is 1. The first-order valence-corrected chi connectivity index (χ1v) is 4.30. The van der Waals surface area contributed by atoms with Gasteiger partial charge in [-0.3, -0.25) is 4.79 Å². The number of alkyl halides is 2. The minimum absolute atomic E-state index is 0.0406. The molecule has 0 radical (unpaired) electrons. The summed E-state index contributed by atoms with van der Waals surface area (Å²) in [4.78, 5) is 10.7. The van der Waals surface area contributed by atoms with Gasteiger partial charge in [-0.1, -0.05) is 15.9 Å². The Labute approximate surface area is 67.1 Å². The Bertz CT molecular complexity index is 130. The highest BCUT2D eigenvalue weighted by atomic mass is 79.9. The number of rotatable bonds is 1. The molecule has 1 heterocycles. The summed E-state index contributed by atoms with van der Waals surface area (Å²) in [5.41, 5.74) is 0. The van der Waals surface area contributed by atoms with Gasteiger partial charge in [0.15, 0.2) is 0 Å². The number of hydrogen-bond acceptors (Lipinski definition) is 1. The third-order valence-corrected chi connectivity index (χ3v) is 2.47. The molecule has 0 saturated carbocycles. The molecule has 1 saturated heterocycles. The van der Waals surface area contributed by atoms with Crippen molar-refractivity contribution in [2.24, 2.45) is 0 Å². The predicted molar refractivity (Wildman–Crippen MR) is 40.0 cm³/mol. The fourth-order valence-corrected chi connectivity index (χ4v) is 1.51. The van der Waals surface area contributed by atoms with E-state index in [1.54, 1.807) is 0 Å². The first-order valence-electron chi connectivity index (χ1n) is 2.74. The van der Waals surface area contributed by atoms with Crippen LogP contribution in [0.3, 0.4) is 0 Å². The number of halogens is 2. The zero-order chi connectivity index (χ0) is 6.85. The van der Waals surface area contributed by atoms with Crippen LogP contribution in [0.25, 0.3) is 0 Å². The molecule has 1 fully saturated rings. The van der Waals surface area contributed by atoms with E-state index in [9.17, 15) is 4.79 Å². The Kier molecular flexibility index (Phi) is 2.35. The van der Waals surface area contributed by atoms with Gasteiger partial charge in [0.25, 0.3) is 0 Å². The van der Waals surface area contributed by atoms with Gasteiger partial charge in [0.1, 0.15) is 5.38 Å². The molecule has 4 heteroatoms. The third-order valence-electron chi connectivity index (χ3n) is 1.31. The first kappa shape index (κ1) is 7.35. The lowest BCUT2D eigenvalue weighted by molar-refractivity contribution is -0.119. The zero-order valence-electron chi connectivity index (χ0n) is 4.73. The lowest BCUT2D eigenvalue weighted by atomic mass is 10.2. The number of nitrogens with one attached hydrogen (secondary N) is 1. The van der Waals surface area contributed by atoms with Crippen LogP contribution in [0.2, 0.25) is 0 Å². The average Bonchev–Trinajstić information content (AvgIpc) is 2.13. The summed E-state index contributed by atoms with van der Waals surface area (Å²) in [5, 5.41) is 3.22. The highest BCUT2D eigenvalue weighted by Crippen LogP contribution is 2.14. The molecule has 0 aromatic rings. The van der Waals surface area contributed by atoms with E-state index in [1.807, 2.05) is 0 Å². The van der Waals surface area contributed by atoms with E-state index in [0.717, 1.165) is 11.8 Å². The Morgan fingerprint density at radius 1 is 1.89 bits per heavy atom. The van der Waals surface area contributed by atoms with E-state index in [-0.39, 0.29) is 17.3 Å². The second-order valence-corrected chi connectivity index (χ2v) is 3.24. The molecule has 1 amide bonds. The molecule has 2 unspecified atom stereocenters. The quantitative estimate of drug-likeness (QED) is 0.642. The van der Waals surface area contributed by atoms with Crippen LogP contribution >= 0.6 is 27.5 Å². The normalized spacial score (nSPS) is 34.7. The standard InChI is InChI=1S/C5H7BrClNO/c6-2-3-1-4(7)5(9)8-3/h3-4H,1-2H2,(H,8,9). The predicted octanol–water partition coefficient (Wildman–Crippen LogP) is 0.877. The zero-order valence-corrected chi connectivity index (χ0v) is 7.08. The minimum atomic E-state index is -0.312. The van der Waals surface area contributed by atoms with Gasteiger partial charge in [-0.15, -0.1) is 11.6 Å². The second kappa shape index (κ2) is 2.88. The fraction of sp³-hybridized carbons (Fsp3) is 0.800. The van der Waals surface area contributed by atoms with Gasteiger partial charge < -0.3 is 5.32 Å². The van der Waals surface area contributed by atoms with Crippen LogP contribution in [-0.4, -0.2) is 22.7 Å². The summed E-state index contributed by atoms with van der Waals surface area (Å²) in [6.07, 6.45) is 0.742. The summed E-state index contributed by atoms with van der Waals surface area (Å²) in [6, 6.07) is 0.236. The summed E-state index contributed by atoms with van der Waals surface area (Å²) >= 11 is 8.86. The second-order valence-electron chi connectivity index (χ2n) is 2.06. The van der Waals surface area contributed by atoms with Crippen LogP contribution in [0, 0.1) is 0 Å². The molecule has 1 aliphatic heterocycles. The molecular weight excluding hydrogens is 205 g/mol. The van der Waals surface area contributed by atoms with E-state index in [1.165, 1.54) is 0 Å². The van der Waals surface area contributed by atoms with E-state index in [4.69, 9.17) is 11.6 Å². The van der Waals surface area contributed by atoms with E-state index in [0.29, 0.717) is 0 Å². The highest BCUT2D eigenvalue weighted by molar-refractivity contribution is 9.09. The molecular formula is C5H7BrClNO. The monoisotopic (exact) mass is 211 g/mol. The summed E-state index contributed by atoms with van der Waals surface area (Å²) in [7, 11) is 0. The Morgan fingerprint density at radius 3 is 2.78 bits per heavy atom. The van der Waals surface area contributed by atoms with Crippen molar-refractivity contribution in [1.82, 2.24) is 5.32 Å². The van der Waals surface area contributed by atoms with Gasteiger partial charge in [0.2, 0.25) is 5.91 Å². The minimum Gasteiger partial charge on any atom is -0.351 e. The number of carbonyl (C=O) groups is 1. The molecule has 0 spiro atoms. The lowest BCUT2D eigenvalue weighted by Crippen LogP contribution is -2.27. The van der Waals surface area contributed by atoms with Gasteiger partial charge in [0, 0.05) is 11.4 Å². The molecule has 9 heavy (non-hydrogen) atoms. The van der Waals surface area contributed by atoms with Gasteiger partial charge in [0.05, 0.1) is 0 Å². The van der Waals surface area contributed by atoms with Crippen molar-refractivity contribution in [3.63, 3.8) is 0 Å². The van der Waals surface area contributed by atoms with E-state index < -0.39 is 0 Å². The molecule has 0 bridgehead atoms. The third kappa shape index (κ3) is 1.58. The van der Waals surface area contributed by atoms with Gasteiger partial charge in [-0.2, -0.15) is 0 Å². The number of amides is 1. The van der Waals surface area contributed by atoms with Gasteiger partial charge in [-0.25, -0.2) is 0 Å². The van der Waals surface area contributed by atoms with Crippen LogP contribution in [0.15, 0.2) is 0 Å². The molecule has 0 aromatic carbocycles. The molecule has 1 N–H and O–H groups in total. The molecule has 0 aromatic heterocycles. The molecule has 2 atom stereocenters. The summed E-state index contributed by atoms with van der Waals surface area (Å²) in [6.45, 7) is 0. The highest BCUT2D eigenvalue weighted by Gasteiger charge is 2.28. The molecule has 1 rings (SSSR count). The van der Waals surface area contributed by atoms with Gasteiger partial charge >= 0.3 is 0 Å². The molecule has 0 aliphatic carbocycles. The number of carbonyl (C=O) groups excluding carboxylic acids is 1. The maximum atomic E-state index is 10.7. The average molecular weight is 212 g/mol. The van der Waals surface area contributed by atoms with Crippen LogP contribution in [0.5, 0.6) is 0 Å². The van der Waals surface area contributed by atoms with Crippen LogP contribution in [0.4, 0.5) is 0 Å². The largest absolute Gasteiger partial charge is 0.351 e. The lowest BCUT2D eigenvalue weighted by Gasteiger charge is -2.00. The van der Waals surface area contributed by atoms with Crippen LogP contribution < -0.4 is 5.32 Å². The van der Waals surface area contributed by atoms with E-state index in [2.05, 4.69) is 21.2 Å². The van der Waals surface area contributed by atoms with Crippen molar-refractivity contribution in [3.05, 3.63) is 0 Å². The molecule has 52 valence electrons. The van der Waals surface area contributed by atoms with Crippen LogP contribution in [-0.2, 0) is 4.79 Å². The summed E-state index contributed by atoms with van der Waals surface area (Å²) in [5.74, 6) is -0.0406. The molecule has 2 nitrogen and oxygen atoms in total. The summed E-state index contributed by atoms with van der Waals surface area (Å²) < 4.78 is 0. The maximum absolute atomic E-state index is 10.7. The van der Waals surface area contributed by atoms with Crippen molar-refractivity contribution in [2.75, 3.05) is 5.33 Å². The van der Waals surface area contributed by atoms with Crippen LogP contribution in [0.1, 0.15) is 6.42 Å².